The van der Waals surface area contributed by atoms with E-state index in [9.17, 15) is 14.7 Å². The van der Waals surface area contributed by atoms with Gasteiger partial charge in [-0.3, -0.25) is 4.79 Å². The predicted octanol–water partition coefficient (Wildman–Crippen LogP) is 5.71. The van der Waals surface area contributed by atoms with Crippen molar-refractivity contribution in [2.45, 2.75) is 24.7 Å². The summed E-state index contributed by atoms with van der Waals surface area (Å²) in [6, 6.07) is 15.3. The van der Waals surface area contributed by atoms with Gasteiger partial charge in [0.25, 0.3) is 5.91 Å². The normalized spacial score (nSPS) is 18.5. The highest BCUT2D eigenvalue weighted by atomic mass is 35.5. The second-order valence-corrected chi connectivity index (χ2v) is 14.6. The van der Waals surface area contributed by atoms with Gasteiger partial charge in [0, 0.05) is 54.6 Å². The fourth-order valence-corrected chi connectivity index (χ4v) is 8.46. The smallest absolute Gasteiger partial charge is 0.347 e. The molecule has 2 saturated heterocycles. The number of benzene rings is 2. The van der Waals surface area contributed by atoms with E-state index in [2.05, 4.69) is 15.1 Å². The summed E-state index contributed by atoms with van der Waals surface area (Å²) in [6.07, 6.45) is 1.46. The number of hydrogen-bond donors (Lipinski definition) is 3. The summed E-state index contributed by atoms with van der Waals surface area (Å²) in [7, 11) is 0. The lowest BCUT2D eigenvalue weighted by atomic mass is 9.92. The van der Waals surface area contributed by atoms with Crippen LogP contribution in [0.1, 0.15) is 66.5 Å². The summed E-state index contributed by atoms with van der Waals surface area (Å²) in [5.41, 5.74) is 9.37. The highest BCUT2D eigenvalue weighted by Gasteiger charge is 2.31. The number of hydrogen-bond acceptors (Lipinski definition) is 11. The number of fused-ring (bicyclic) bond motifs is 1. The molecule has 5 heterocycles. The van der Waals surface area contributed by atoms with E-state index in [1.165, 1.54) is 22.7 Å². The third-order valence-electron chi connectivity index (χ3n) is 8.63. The van der Waals surface area contributed by atoms with E-state index in [-0.39, 0.29) is 22.6 Å². The molecule has 0 spiro atoms. The van der Waals surface area contributed by atoms with Crippen LogP contribution >= 0.6 is 45.9 Å². The van der Waals surface area contributed by atoms with E-state index >= 15 is 0 Å². The molecule has 11 nitrogen and oxygen atoms in total. The Balaban J connectivity index is 0.000000170. The lowest BCUT2D eigenvalue weighted by Crippen LogP contribution is -2.36. The van der Waals surface area contributed by atoms with Gasteiger partial charge < -0.3 is 35.4 Å². The Morgan fingerprint density at radius 3 is 2.06 bits per heavy atom. The first-order valence-corrected chi connectivity index (χ1v) is 18.6. The number of ether oxygens (including phenoxy) is 2. The van der Waals surface area contributed by atoms with Crippen LogP contribution in [0.2, 0.25) is 10.0 Å². The summed E-state index contributed by atoms with van der Waals surface area (Å²) in [5, 5.41) is 15.7. The van der Waals surface area contributed by atoms with Gasteiger partial charge >= 0.3 is 5.97 Å². The number of carboxylic acid groups (broad SMARTS) is 1. The van der Waals surface area contributed by atoms with Crippen LogP contribution < -0.4 is 20.9 Å². The molecule has 4 N–H and O–H groups in total. The first-order valence-electron chi connectivity index (χ1n) is 16.2. The number of aromatic nitrogens is 2. The van der Waals surface area contributed by atoms with Crippen LogP contribution in [0.25, 0.3) is 0 Å². The Morgan fingerprint density at radius 2 is 1.49 bits per heavy atom. The molecule has 2 aromatic carbocycles. The van der Waals surface area contributed by atoms with Crippen molar-refractivity contribution in [3.05, 3.63) is 90.8 Å². The molecular formula is C34H38Cl2N6O5S2. The molecule has 2 fully saturated rings. The molecule has 15 heteroatoms. The summed E-state index contributed by atoms with van der Waals surface area (Å²) >= 11 is 14.7. The lowest BCUT2D eigenvalue weighted by Gasteiger charge is -2.26. The van der Waals surface area contributed by atoms with Crippen LogP contribution in [0.15, 0.2) is 48.5 Å². The molecule has 2 atom stereocenters. The van der Waals surface area contributed by atoms with Crippen molar-refractivity contribution in [1.82, 2.24) is 15.3 Å². The number of halogens is 2. The zero-order valence-corrected chi connectivity index (χ0v) is 29.9. The molecule has 260 valence electrons. The molecule has 0 bridgehead atoms. The number of carbonyl (C=O) groups excluding carboxylic acids is 1. The predicted molar refractivity (Wildman–Crippen MR) is 194 cm³/mol. The number of amides is 1. The summed E-state index contributed by atoms with van der Waals surface area (Å²) < 4.78 is 10.8. The molecule has 1 amide bonds. The summed E-state index contributed by atoms with van der Waals surface area (Å²) in [6.45, 7) is 6.83. The van der Waals surface area contributed by atoms with E-state index in [1.807, 2.05) is 36.4 Å². The number of anilines is 2. The number of aromatic carboxylic acids is 1. The van der Waals surface area contributed by atoms with Crippen molar-refractivity contribution in [1.29, 1.82) is 0 Å². The van der Waals surface area contributed by atoms with Gasteiger partial charge in [0.2, 0.25) is 0 Å². The van der Waals surface area contributed by atoms with Gasteiger partial charge in [0.1, 0.15) is 9.75 Å². The highest BCUT2D eigenvalue weighted by molar-refractivity contribution is 7.18. The molecular weight excluding hydrogens is 707 g/mol. The van der Waals surface area contributed by atoms with Gasteiger partial charge in [-0.25, -0.2) is 14.8 Å². The van der Waals surface area contributed by atoms with Crippen molar-refractivity contribution in [3.63, 3.8) is 0 Å². The minimum atomic E-state index is -0.956. The number of nitrogens with one attached hydrogen (secondary N) is 1. The average molecular weight is 746 g/mol. The van der Waals surface area contributed by atoms with E-state index in [0.717, 1.165) is 51.5 Å². The maximum absolute atomic E-state index is 12.4. The Morgan fingerprint density at radius 1 is 0.918 bits per heavy atom. The van der Waals surface area contributed by atoms with Crippen molar-refractivity contribution in [2.24, 2.45) is 5.73 Å². The molecule has 4 aromatic rings. The van der Waals surface area contributed by atoms with Crippen LogP contribution in [-0.4, -0.2) is 92.6 Å². The molecule has 0 aliphatic carbocycles. The highest BCUT2D eigenvalue weighted by Crippen LogP contribution is 2.39. The van der Waals surface area contributed by atoms with E-state index in [1.54, 1.807) is 12.1 Å². The first-order chi connectivity index (χ1) is 23.8. The average Bonchev–Trinajstić information content (AvgIpc) is 3.74. The fraction of sp³-hybridized carbons (Fsp3) is 0.412. The van der Waals surface area contributed by atoms with Crippen LogP contribution in [0.5, 0.6) is 0 Å². The number of carbonyl (C=O) groups is 2. The second-order valence-electron chi connectivity index (χ2n) is 11.8. The minimum absolute atomic E-state index is 0.0153. The Hall–Kier alpha value is -3.30. The number of nitrogens with two attached hydrogens (primary N) is 1. The zero-order chi connectivity index (χ0) is 34.3. The monoisotopic (exact) mass is 744 g/mol. The van der Waals surface area contributed by atoms with Crippen molar-refractivity contribution in [3.8, 4) is 0 Å². The maximum Gasteiger partial charge on any atom is 0.347 e. The summed E-state index contributed by atoms with van der Waals surface area (Å²) in [4.78, 5) is 39.0. The van der Waals surface area contributed by atoms with Crippen molar-refractivity contribution < 1.29 is 24.2 Å². The van der Waals surface area contributed by atoms with E-state index < -0.39 is 5.97 Å². The number of thiazole rings is 2. The number of rotatable bonds is 8. The van der Waals surface area contributed by atoms with Crippen molar-refractivity contribution in [2.75, 3.05) is 75.5 Å². The third-order valence-corrected chi connectivity index (χ3v) is 11.4. The molecule has 0 saturated carbocycles. The van der Waals surface area contributed by atoms with E-state index in [0.29, 0.717) is 74.8 Å². The Labute approximate surface area is 303 Å². The third kappa shape index (κ3) is 8.54. The van der Waals surface area contributed by atoms with Gasteiger partial charge in [-0.15, -0.1) is 0 Å². The second kappa shape index (κ2) is 16.6. The first kappa shape index (κ1) is 35.5. The summed E-state index contributed by atoms with van der Waals surface area (Å²) in [5.74, 6) is -1.02. The molecule has 2 unspecified atom stereocenters. The minimum Gasteiger partial charge on any atom is -0.477 e. The van der Waals surface area contributed by atoms with Gasteiger partial charge in [-0.05, 0) is 54.8 Å². The van der Waals surface area contributed by atoms with E-state index in [4.69, 9.17) is 48.4 Å². The molecule has 3 aliphatic rings. The Bertz CT molecular complexity index is 1720. The van der Waals surface area contributed by atoms with Crippen LogP contribution in [0, 0.1) is 0 Å². The molecule has 49 heavy (non-hydrogen) atoms. The molecule has 7 rings (SSSR count). The van der Waals surface area contributed by atoms with Crippen LogP contribution in [0.3, 0.4) is 0 Å². The van der Waals surface area contributed by atoms with Gasteiger partial charge in [0.15, 0.2) is 10.3 Å². The maximum atomic E-state index is 12.4. The quantitative estimate of drug-likeness (QED) is 0.205. The molecule has 2 aromatic heterocycles. The van der Waals surface area contributed by atoms with Gasteiger partial charge in [-0.2, -0.15) is 0 Å². The zero-order valence-electron chi connectivity index (χ0n) is 26.8. The lowest BCUT2D eigenvalue weighted by molar-refractivity contribution is 0.0700. The SMILES string of the molecule is NCCC(c1ccc(Cl)cc1)c1nc(N2CCOCC2)sc1C(=O)O.O=C1NCCC(c2ccc(Cl)cc2)c2nc(N3CCOCC3)sc21. The standard InChI is InChI=1S/C17H20ClN3O3S.C17H18ClN3O2S/c18-12-3-1-11(2-4-12)13(5-6-19)14-15(16(22)23)25-17(20-14)21-7-9-24-10-8-21;18-12-3-1-11(2-4-12)13-5-6-19-16(22)15-14(13)20-17(24-15)21-7-9-23-10-8-21/h1-4,13H,5-10,19H2,(H,22,23);1-4,13H,5-10H2,(H,19,22). The van der Waals surface area contributed by atoms with Gasteiger partial charge in [-0.1, -0.05) is 70.1 Å². The van der Waals surface area contributed by atoms with Crippen LogP contribution in [0.4, 0.5) is 10.3 Å². The molecule has 0 radical (unpaired) electrons. The largest absolute Gasteiger partial charge is 0.477 e. The number of morpholine rings is 2. The Kier molecular flexibility index (Phi) is 12.0. The topological polar surface area (TPSA) is 143 Å². The van der Waals surface area contributed by atoms with Crippen molar-refractivity contribution >= 4 is 68.0 Å². The van der Waals surface area contributed by atoms with Crippen LogP contribution in [-0.2, 0) is 9.47 Å². The number of carboxylic acids is 1. The molecule has 3 aliphatic heterocycles. The fourth-order valence-electron chi connectivity index (χ4n) is 6.10. The van der Waals surface area contributed by atoms with Gasteiger partial charge in [0.05, 0.1) is 37.8 Å². The number of nitrogens with zero attached hydrogens (tertiary/aromatic N) is 4.